The van der Waals surface area contributed by atoms with Gasteiger partial charge in [-0.05, 0) is 29.3 Å². The van der Waals surface area contributed by atoms with E-state index in [0.29, 0.717) is 6.54 Å². The number of carbonyl (C=O) groups is 1. The first-order chi connectivity index (χ1) is 11.1. The Hall–Kier alpha value is -3.06. The van der Waals surface area contributed by atoms with Crippen molar-refractivity contribution in [1.29, 1.82) is 5.26 Å². The van der Waals surface area contributed by atoms with E-state index in [1.807, 2.05) is 79.7 Å². The number of benzene rings is 2. The van der Waals surface area contributed by atoms with Crippen molar-refractivity contribution in [3.05, 3.63) is 71.3 Å². The van der Waals surface area contributed by atoms with Gasteiger partial charge in [-0.15, -0.1) is 0 Å². The van der Waals surface area contributed by atoms with Gasteiger partial charge in [-0.25, -0.2) is 0 Å². The first-order valence-electron chi connectivity index (χ1n) is 7.31. The maximum atomic E-state index is 12.1. The molecule has 0 aliphatic rings. The fraction of sp³-hybridized carbons (Fsp3) is 0.158. The molecule has 2 rings (SSSR count). The van der Waals surface area contributed by atoms with Crippen molar-refractivity contribution in [2.75, 3.05) is 19.0 Å². The van der Waals surface area contributed by atoms with E-state index in [4.69, 9.17) is 0 Å². The monoisotopic (exact) mass is 305 g/mol. The number of hydrogen-bond acceptors (Lipinski definition) is 3. The standard InChI is InChI=1S/C19H19N3O/c1-22(2)18-10-8-15(9-11-18)12-17(13-20)19(23)21-14-16-6-4-3-5-7-16/h3-12H,14H2,1-2H3,(H,21,23). The van der Waals surface area contributed by atoms with Crippen molar-refractivity contribution in [1.82, 2.24) is 5.32 Å². The average Bonchev–Trinajstić information content (AvgIpc) is 2.59. The molecule has 0 saturated carbocycles. The summed E-state index contributed by atoms with van der Waals surface area (Å²) in [5.41, 5.74) is 2.98. The van der Waals surface area contributed by atoms with Crippen LogP contribution in [-0.4, -0.2) is 20.0 Å². The van der Waals surface area contributed by atoms with Gasteiger partial charge in [0.15, 0.2) is 0 Å². The lowest BCUT2D eigenvalue weighted by Crippen LogP contribution is -2.23. The molecule has 0 fully saturated rings. The second kappa shape index (κ2) is 7.81. The van der Waals surface area contributed by atoms with Crippen molar-refractivity contribution in [3.63, 3.8) is 0 Å². The Kier molecular flexibility index (Phi) is 5.54. The number of nitrogens with zero attached hydrogens (tertiary/aromatic N) is 2. The minimum Gasteiger partial charge on any atom is -0.378 e. The number of nitrogens with one attached hydrogen (secondary N) is 1. The van der Waals surface area contributed by atoms with Crippen LogP contribution in [0.4, 0.5) is 5.69 Å². The van der Waals surface area contributed by atoms with Crippen LogP contribution in [0.25, 0.3) is 6.08 Å². The molecule has 0 heterocycles. The van der Waals surface area contributed by atoms with Crippen molar-refractivity contribution in [2.24, 2.45) is 0 Å². The highest BCUT2D eigenvalue weighted by molar-refractivity contribution is 6.01. The minimum absolute atomic E-state index is 0.0959. The molecule has 0 radical (unpaired) electrons. The predicted molar refractivity (Wildman–Crippen MR) is 92.6 cm³/mol. The zero-order valence-corrected chi connectivity index (χ0v) is 13.3. The largest absolute Gasteiger partial charge is 0.378 e. The van der Waals surface area contributed by atoms with Gasteiger partial charge in [-0.2, -0.15) is 5.26 Å². The van der Waals surface area contributed by atoms with Gasteiger partial charge in [-0.3, -0.25) is 4.79 Å². The fourth-order valence-electron chi connectivity index (χ4n) is 2.06. The molecule has 0 aliphatic carbocycles. The molecule has 0 unspecified atom stereocenters. The van der Waals surface area contributed by atoms with Crippen LogP contribution in [0.15, 0.2) is 60.2 Å². The second-order valence-electron chi connectivity index (χ2n) is 5.32. The third-order valence-corrected chi connectivity index (χ3v) is 3.38. The predicted octanol–water partition coefficient (Wildman–Crippen LogP) is 2.98. The molecule has 4 heteroatoms. The number of rotatable bonds is 5. The van der Waals surface area contributed by atoms with E-state index in [9.17, 15) is 10.1 Å². The van der Waals surface area contributed by atoms with Crippen LogP contribution in [-0.2, 0) is 11.3 Å². The Bertz CT molecular complexity index is 725. The first kappa shape index (κ1) is 16.3. The van der Waals surface area contributed by atoms with Crippen molar-refractivity contribution in [2.45, 2.75) is 6.54 Å². The quantitative estimate of drug-likeness (QED) is 0.682. The molecule has 0 aromatic heterocycles. The van der Waals surface area contributed by atoms with Gasteiger partial charge in [0.1, 0.15) is 11.6 Å². The Morgan fingerprint density at radius 3 is 2.35 bits per heavy atom. The normalized spacial score (nSPS) is 10.7. The van der Waals surface area contributed by atoms with Crippen molar-refractivity contribution >= 4 is 17.7 Å². The molecule has 0 bridgehead atoms. The lowest BCUT2D eigenvalue weighted by Gasteiger charge is -2.11. The van der Waals surface area contributed by atoms with Gasteiger partial charge in [0.2, 0.25) is 0 Å². The summed E-state index contributed by atoms with van der Waals surface area (Å²) in [4.78, 5) is 14.1. The van der Waals surface area contributed by atoms with Gasteiger partial charge >= 0.3 is 0 Å². The summed E-state index contributed by atoms with van der Waals surface area (Å²) in [6, 6.07) is 19.2. The van der Waals surface area contributed by atoms with Gasteiger partial charge < -0.3 is 10.2 Å². The summed E-state index contributed by atoms with van der Waals surface area (Å²) in [7, 11) is 3.92. The third-order valence-electron chi connectivity index (χ3n) is 3.38. The smallest absolute Gasteiger partial charge is 0.262 e. The van der Waals surface area contributed by atoms with Gasteiger partial charge in [0, 0.05) is 26.3 Å². The Morgan fingerprint density at radius 1 is 1.13 bits per heavy atom. The van der Waals surface area contributed by atoms with Crippen LogP contribution >= 0.6 is 0 Å². The van der Waals surface area contributed by atoms with Crippen LogP contribution in [0.2, 0.25) is 0 Å². The van der Waals surface area contributed by atoms with Crippen molar-refractivity contribution < 1.29 is 4.79 Å². The zero-order chi connectivity index (χ0) is 16.7. The average molecular weight is 305 g/mol. The highest BCUT2D eigenvalue weighted by Crippen LogP contribution is 2.14. The molecule has 1 amide bonds. The number of hydrogen-bond donors (Lipinski definition) is 1. The molecule has 2 aromatic carbocycles. The van der Waals surface area contributed by atoms with Crippen LogP contribution in [0.1, 0.15) is 11.1 Å². The third kappa shape index (κ3) is 4.72. The molecule has 0 saturated heterocycles. The van der Waals surface area contributed by atoms with Crippen LogP contribution in [0.5, 0.6) is 0 Å². The van der Waals surface area contributed by atoms with E-state index in [1.165, 1.54) is 0 Å². The molecule has 1 N–H and O–H groups in total. The molecular formula is C19H19N3O. The number of anilines is 1. The second-order valence-corrected chi connectivity index (χ2v) is 5.32. The summed E-state index contributed by atoms with van der Waals surface area (Å²) < 4.78 is 0. The zero-order valence-electron chi connectivity index (χ0n) is 13.3. The van der Waals surface area contributed by atoms with Gasteiger partial charge in [0.25, 0.3) is 5.91 Å². The molecule has 23 heavy (non-hydrogen) atoms. The lowest BCUT2D eigenvalue weighted by atomic mass is 10.1. The molecule has 0 atom stereocenters. The summed E-state index contributed by atoms with van der Waals surface area (Å²) in [6.45, 7) is 0.401. The molecule has 4 nitrogen and oxygen atoms in total. The van der Waals surface area contributed by atoms with E-state index >= 15 is 0 Å². The number of nitriles is 1. The molecule has 2 aromatic rings. The SMILES string of the molecule is CN(C)c1ccc(C=C(C#N)C(=O)NCc2ccccc2)cc1. The number of amides is 1. The Labute approximate surface area is 136 Å². The Morgan fingerprint density at radius 2 is 1.78 bits per heavy atom. The molecular weight excluding hydrogens is 286 g/mol. The van der Waals surface area contributed by atoms with E-state index in [0.717, 1.165) is 16.8 Å². The summed E-state index contributed by atoms with van der Waals surface area (Å²) in [6.07, 6.45) is 1.60. The minimum atomic E-state index is -0.368. The number of carbonyl (C=O) groups excluding carboxylic acids is 1. The van der Waals surface area contributed by atoms with Crippen molar-refractivity contribution in [3.8, 4) is 6.07 Å². The maximum absolute atomic E-state index is 12.1. The van der Waals surface area contributed by atoms with Crippen LogP contribution in [0, 0.1) is 11.3 Å². The van der Waals surface area contributed by atoms with E-state index in [1.54, 1.807) is 6.08 Å². The van der Waals surface area contributed by atoms with E-state index in [2.05, 4.69) is 5.32 Å². The molecule has 0 aliphatic heterocycles. The summed E-state index contributed by atoms with van der Waals surface area (Å²) in [5, 5.41) is 12.0. The van der Waals surface area contributed by atoms with Gasteiger partial charge in [-0.1, -0.05) is 42.5 Å². The van der Waals surface area contributed by atoms with E-state index in [-0.39, 0.29) is 11.5 Å². The summed E-state index contributed by atoms with van der Waals surface area (Å²) >= 11 is 0. The fourth-order valence-corrected chi connectivity index (χ4v) is 2.06. The molecule has 0 spiro atoms. The van der Waals surface area contributed by atoms with Gasteiger partial charge in [0.05, 0.1) is 0 Å². The highest BCUT2D eigenvalue weighted by atomic mass is 16.1. The van der Waals surface area contributed by atoms with Crippen LogP contribution in [0.3, 0.4) is 0 Å². The Balaban J connectivity index is 2.06. The first-order valence-corrected chi connectivity index (χ1v) is 7.31. The summed E-state index contributed by atoms with van der Waals surface area (Å²) in [5.74, 6) is -0.368. The topological polar surface area (TPSA) is 56.1 Å². The van der Waals surface area contributed by atoms with Crippen LogP contribution < -0.4 is 10.2 Å². The lowest BCUT2D eigenvalue weighted by molar-refractivity contribution is -0.117. The van der Waals surface area contributed by atoms with E-state index < -0.39 is 0 Å². The maximum Gasteiger partial charge on any atom is 0.262 e. The highest BCUT2D eigenvalue weighted by Gasteiger charge is 2.08. The molecule has 116 valence electrons.